The minimum Gasteiger partial charge on any atom is -0.496 e. The standard InChI is InChI=1S/C20H23NO6S/c1-13-10-17(14(2)21(13)15-8-9-28(24,25)12-15)18(22)11-27-20(23)16-6-4-5-7-19(16)26-3/h4-7,10,15H,8-9,11-12H2,1-3H3/t15-/m0/s1. The molecule has 8 heteroatoms. The van der Waals surface area contributed by atoms with E-state index in [9.17, 15) is 18.0 Å². The Morgan fingerprint density at radius 1 is 1.18 bits per heavy atom. The number of ether oxygens (including phenoxy) is 2. The minimum absolute atomic E-state index is 0.0831. The quantitative estimate of drug-likeness (QED) is 0.542. The lowest BCUT2D eigenvalue weighted by Crippen LogP contribution is -2.17. The third-order valence-electron chi connectivity index (χ3n) is 5.02. The number of rotatable bonds is 6. The summed E-state index contributed by atoms with van der Waals surface area (Å²) in [5.41, 5.74) is 2.20. The molecule has 2 heterocycles. The van der Waals surface area contributed by atoms with Gasteiger partial charge < -0.3 is 14.0 Å². The van der Waals surface area contributed by atoms with Gasteiger partial charge in [0.25, 0.3) is 0 Å². The zero-order chi connectivity index (χ0) is 20.5. The Balaban J connectivity index is 1.73. The highest BCUT2D eigenvalue weighted by molar-refractivity contribution is 7.91. The predicted octanol–water partition coefficient (Wildman–Crippen LogP) is 2.51. The number of sulfone groups is 1. The molecule has 2 aromatic rings. The number of methoxy groups -OCH3 is 1. The van der Waals surface area contributed by atoms with Crippen LogP contribution in [0.5, 0.6) is 5.75 Å². The Kier molecular flexibility index (Phi) is 5.60. The van der Waals surface area contributed by atoms with Crippen LogP contribution in [-0.2, 0) is 14.6 Å². The van der Waals surface area contributed by atoms with Gasteiger partial charge in [-0.05, 0) is 38.5 Å². The van der Waals surface area contributed by atoms with Gasteiger partial charge in [0, 0.05) is 23.0 Å². The first-order chi connectivity index (χ1) is 13.2. The summed E-state index contributed by atoms with van der Waals surface area (Å²) in [5.74, 6) is -0.348. The van der Waals surface area contributed by atoms with Gasteiger partial charge in [-0.3, -0.25) is 4.79 Å². The molecule has 7 nitrogen and oxygen atoms in total. The van der Waals surface area contributed by atoms with Crippen LogP contribution in [-0.4, -0.2) is 50.0 Å². The van der Waals surface area contributed by atoms with E-state index >= 15 is 0 Å². The van der Waals surface area contributed by atoms with Crippen molar-refractivity contribution in [1.29, 1.82) is 0 Å². The molecule has 0 unspecified atom stereocenters. The minimum atomic E-state index is -3.03. The normalized spacial score (nSPS) is 18.0. The number of carbonyl (C=O) groups is 2. The molecule has 0 amide bonds. The van der Waals surface area contributed by atoms with E-state index in [4.69, 9.17) is 9.47 Å². The molecule has 1 aromatic heterocycles. The predicted molar refractivity (Wildman–Crippen MR) is 104 cm³/mol. The van der Waals surface area contributed by atoms with Gasteiger partial charge in [-0.2, -0.15) is 0 Å². The molecule has 28 heavy (non-hydrogen) atoms. The van der Waals surface area contributed by atoms with Gasteiger partial charge in [0.15, 0.2) is 16.4 Å². The van der Waals surface area contributed by atoms with Crippen LogP contribution in [0, 0.1) is 13.8 Å². The molecule has 150 valence electrons. The van der Waals surface area contributed by atoms with Crippen molar-refractivity contribution in [3.63, 3.8) is 0 Å². The first-order valence-electron chi connectivity index (χ1n) is 8.95. The molecule has 1 saturated heterocycles. The molecule has 0 spiro atoms. The maximum Gasteiger partial charge on any atom is 0.342 e. The molecule has 0 bridgehead atoms. The van der Waals surface area contributed by atoms with Crippen molar-refractivity contribution in [2.24, 2.45) is 0 Å². The van der Waals surface area contributed by atoms with Crippen LogP contribution in [0.2, 0.25) is 0 Å². The lowest BCUT2D eigenvalue weighted by atomic mass is 10.1. The highest BCUT2D eigenvalue weighted by atomic mass is 32.2. The number of benzene rings is 1. The second-order valence-electron chi connectivity index (χ2n) is 6.91. The van der Waals surface area contributed by atoms with Crippen molar-refractivity contribution < 1.29 is 27.5 Å². The first kappa shape index (κ1) is 20.1. The molecule has 0 N–H and O–H groups in total. The van der Waals surface area contributed by atoms with Crippen LogP contribution in [0.1, 0.15) is 44.6 Å². The summed E-state index contributed by atoms with van der Waals surface area (Å²) in [6.45, 7) is 3.23. The van der Waals surface area contributed by atoms with E-state index in [1.165, 1.54) is 7.11 Å². The van der Waals surface area contributed by atoms with Gasteiger partial charge in [-0.15, -0.1) is 0 Å². The summed E-state index contributed by atoms with van der Waals surface area (Å²) >= 11 is 0. The number of carbonyl (C=O) groups excluding carboxylic acids is 2. The second kappa shape index (κ2) is 7.79. The van der Waals surface area contributed by atoms with Gasteiger partial charge in [0.05, 0.1) is 18.6 Å². The van der Waals surface area contributed by atoms with Gasteiger partial charge in [-0.25, -0.2) is 13.2 Å². The van der Waals surface area contributed by atoms with Crippen molar-refractivity contribution in [3.05, 3.63) is 52.8 Å². The zero-order valence-corrected chi connectivity index (χ0v) is 16.9. The molecular weight excluding hydrogens is 382 g/mol. The highest BCUT2D eigenvalue weighted by Gasteiger charge is 2.31. The van der Waals surface area contributed by atoms with Crippen LogP contribution in [0.3, 0.4) is 0 Å². The number of esters is 1. The van der Waals surface area contributed by atoms with Crippen LogP contribution in [0.15, 0.2) is 30.3 Å². The van der Waals surface area contributed by atoms with E-state index < -0.39 is 22.4 Å². The Morgan fingerprint density at radius 3 is 2.54 bits per heavy atom. The molecule has 1 atom stereocenters. The molecule has 1 fully saturated rings. The number of ketones is 1. The molecule has 1 aliphatic heterocycles. The van der Waals surface area contributed by atoms with Gasteiger partial charge >= 0.3 is 5.97 Å². The fourth-order valence-corrected chi connectivity index (χ4v) is 5.40. The van der Waals surface area contributed by atoms with Crippen molar-refractivity contribution in [1.82, 2.24) is 4.57 Å². The Morgan fingerprint density at radius 2 is 1.89 bits per heavy atom. The van der Waals surface area contributed by atoms with Crippen molar-refractivity contribution >= 4 is 21.6 Å². The summed E-state index contributed by atoms with van der Waals surface area (Å²) in [4.78, 5) is 24.9. The molecule has 0 radical (unpaired) electrons. The van der Waals surface area contributed by atoms with Crippen LogP contribution in [0.4, 0.5) is 0 Å². The topological polar surface area (TPSA) is 91.7 Å². The number of Topliss-reactive ketones (excluding diaryl/α,β-unsaturated/α-hetero) is 1. The summed E-state index contributed by atoms with van der Waals surface area (Å²) in [6, 6.07) is 8.19. The summed E-state index contributed by atoms with van der Waals surface area (Å²) in [6.07, 6.45) is 0.537. The zero-order valence-electron chi connectivity index (χ0n) is 16.1. The number of para-hydroxylation sites is 1. The van der Waals surface area contributed by atoms with Gasteiger partial charge in [-0.1, -0.05) is 12.1 Å². The summed E-state index contributed by atoms with van der Waals surface area (Å²) < 4.78 is 35.8. The summed E-state index contributed by atoms with van der Waals surface area (Å²) in [7, 11) is -1.58. The Labute approximate surface area is 164 Å². The van der Waals surface area contributed by atoms with Crippen LogP contribution in [0.25, 0.3) is 0 Å². The fraction of sp³-hybridized carbons (Fsp3) is 0.400. The second-order valence-corrected chi connectivity index (χ2v) is 9.14. The Bertz CT molecular complexity index is 1020. The highest BCUT2D eigenvalue weighted by Crippen LogP contribution is 2.29. The van der Waals surface area contributed by atoms with Crippen LogP contribution >= 0.6 is 0 Å². The molecule has 3 rings (SSSR count). The molecule has 0 aliphatic carbocycles. The van der Waals surface area contributed by atoms with E-state index in [0.29, 0.717) is 23.4 Å². The molecule has 1 aliphatic rings. The first-order valence-corrected chi connectivity index (χ1v) is 10.8. The maximum absolute atomic E-state index is 12.6. The van der Waals surface area contributed by atoms with Gasteiger partial charge in [0.1, 0.15) is 11.3 Å². The third kappa shape index (κ3) is 3.96. The lowest BCUT2D eigenvalue weighted by molar-refractivity contribution is 0.0471. The van der Waals surface area contributed by atoms with Crippen LogP contribution < -0.4 is 4.74 Å². The molecule has 0 saturated carbocycles. The largest absolute Gasteiger partial charge is 0.496 e. The average Bonchev–Trinajstić information content (AvgIpc) is 3.17. The van der Waals surface area contributed by atoms with Gasteiger partial charge in [0.2, 0.25) is 5.78 Å². The SMILES string of the molecule is COc1ccccc1C(=O)OCC(=O)c1cc(C)n([C@H]2CCS(=O)(=O)C2)c1C. The number of aromatic nitrogens is 1. The van der Waals surface area contributed by atoms with E-state index in [1.807, 2.05) is 11.5 Å². The number of hydrogen-bond acceptors (Lipinski definition) is 6. The van der Waals surface area contributed by atoms with E-state index in [0.717, 1.165) is 5.69 Å². The van der Waals surface area contributed by atoms with Crippen molar-refractivity contribution in [2.45, 2.75) is 26.3 Å². The van der Waals surface area contributed by atoms with E-state index in [-0.39, 0.29) is 28.9 Å². The lowest BCUT2D eigenvalue weighted by Gasteiger charge is -2.16. The average molecular weight is 405 g/mol. The molecular formula is C20H23NO6S. The van der Waals surface area contributed by atoms with Crippen molar-refractivity contribution in [2.75, 3.05) is 25.2 Å². The number of aryl methyl sites for hydroxylation is 1. The fourth-order valence-electron chi connectivity index (χ4n) is 3.70. The molecule has 1 aromatic carbocycles. The van der Waals surface area contributed by atoms with E-state index in [1.54, 1.807) is 37.3 Å². The Hall–Kier alpha value is -2.61. The smallest absolute Gasteiger partial charge is 0.342 e. The summed E-state index contributed by atoms with van der Waals surface area (Å²) in [5, 5.41) is 0. The maximum atomic E-state index is 12.6. The van der Waals surface area contributed by atoms with Crippen molar-refractivity contribution in [3.8, 4) is 5.75 Å². The number of hydrogen-bond donors (Lipinski definition) is 0. The monoisotopic (exact) mass is 405 g/mol. The third-order valence-corrected chi connectivity index (χ3v) is 6.77. The number of nitrogens with zero attached hydrogens (tertiary/aromatic N) is 1. The van der Waals surface area contributed by atoms with E-state index in [2.05, 4.69) is 0 Å².